The Balaban J connectivity index is 1.23. The molecule has 5 heterocycles. The van der Waals surface area contributed by atoms with Gasteiger partial charge in [-0.05, 0) is 37.1 Å². The van der Waals surface area contributed by atoms with Crippen molar-refractivity contribution in [1.29, 1.82) is 0 Å². The molecule has 0 radical (unpaired) electrons. The predicted molar refractivity (Wildman–Crippen MR) is 142 cm³/mol. The molecule has 3 fully saturated rings. The quantitative estimate of drug-likeness (QED) is 0.494. The third-order valence-electron chi connectivity index (χ3n) is 7.27. The van der Waals surface area contributed by atoms with Crippen molar-refractivity contribution in [1.82, 2.24) is 9.29 Å². The Kier molecular flexibility index (Phi) is 6.22. The first-order valence-corrected chi connectivity index (χ1v) is 14.6. The second-order valence-electron chi connectivity index (χ2n) is 9.76. The number of amides is 1. The molecule has 38 heavy (non-hydrogen) atoms. The van der Waals surface area contributed by atoms with Gasteiger partial charge in [0, 0.05) is 30.2 Å². The van der Waals surface area contributed by atoms with Gasteiger partial charge in [-0.2, -0.15) is 4.31 Å². The summed E-state index contributed by atoms with van der Waals surface area (Å²) < 4.78 is 33.6. The van der Waals surface area contributed by atoms with Gasteiger partial charge in [0.25, 0.3) is 0 Å². The normalized spacial score (nSPS) is 23.8. The number of aromatic nitrogens is 1. The molecule has 0 saturated carbocycles. The molecule has 3 unspecified atom stereocenters. The van der Waals surface area contributed by atoms with Crippen molar-refractivity contribution >= 4 is 44.7 Å². The minimum Gasteiger partial charge on any atom is -0.477 e. The zero-order chi connectivity index (χ0) is 26.6. The standard InChI is InChI=1S/C26H26N4O6S2/c1-16-12-28(38(34,35)20-7-8-23(27-11-20)29-13-19-9-18(29)15-36-19)14-24(31)30(16)21-10-22(37-25(21)26(32)33)17-5-3-2-4-6-17/h2-8,10-11,16,18-19H,9,12-15H2,1H3,(H,32,33). The second-order valence-corrected chi connectivity index (χ2v) is 12.7. The number of morpholine rings is 1. The van der Waals surface area contributed by atoms with Crippen LogP contribution in [0.3, 0.4) is 0 Å². The number of carboxylic acid groups (broad SMARTS) is 1. The third kappa shape index (κ3) is 4.27. The molecular weight excluding hydrogens is 528 g/mol. The Morgan fingerprint density at radius 1 is 1.16 bits per heavy atom. The van der Waals surface area contributed by atoms with E-state index in [9.17, 15) is 23.1 Å². The number of pyridine rings is 1. The highest BCUT2D eigenvalue weighted by atomic mass is 32.2. The summed E-state index contributed by atoms with van der Waals surface area (Å²) in [5.41, 5.74) is 1.13. The molecule has 3 atom stereocenters. The van der Waals surface area contributed by atoms with E-state index in [1.807, 2.05) is 30.3 Å². The predicted octanol–water partition coefficient (Wildman–Crippen LogP) is 2.91. The van der Waals surface area contributed by atoms with Crippen LogP contribution in [-0.2, 0) is 19.6 Å². The van der Waals surface area contributed by atoms with Crippen LogP contribution in [0.1, 0.15) is 23.0 Å². The summed E-state index contributed by atoms with van der Waals surface area (Å²) >= 11 is 1.09. The van der Waals surface area contributed by atoms with Crippen molar-refractivity contribution in [2.45, 2.75) is 36.4 Å². The summed E-state index contributed by atoms with van der Waals surface area (Å²) in [4.78, 5) is 34.1. The maximum absolute atomic E-state index is 13.4. The van der Waals surface area contributed by atoms with E-state index in [4.69, 9.17) is 4.74 Å². The van der Waals surface area contributed by atoms with Crippen molar-refractivity contribution in [3.63, 3.8) is 0 Å². The van der Waals surface area contributed by atoms with E-state index in [1.165, 1.54) is 17.2 Å². The van der Waals surface area contributed by atoms with Crippen molar-refractivity contribution in [2.75, 3.05) is 36.0 Å². The van der Waals surface area contributed by atoms with Crippen LogP contribution in [0.2, 0.25) is 0 Å². The first-order valence-electron chi connectivity index (χ1n) is 12.3. The van der Waals surface area contributed by atoms with Gasteiger partial charge in [0.15, 0.2) is 0 Å². The first-order chi connectivity index (χ1) is 18.2. The lowest BCUT2D eigenvalue weighted by molar-refractivity contribution is -0.120. The van der Waals surface area contributed by atoms with E-state index in [-0.39, 0.29) is 34.2 Å². The summed E-state index contributed by atoms with van der Waals surface area (Å²) in [6.07, 6.45) is 2.49. The molecule has 1 N–H and O–H groups in total. The molecule has 0 spiro atoms. The molecule has 3 aliphatic rings. The van der Waals surface area contributed by atoms with Gasteiger partial charge in [0.1, 0.15) is 15.6 Å². The monoisotopic (exact) mass is 554 g/mol. The summed E-state index contributed by atoms with van der Waals surface area (Å²) in [6.45, 7) is 2.74. The molecule has 1 amide bonds. The SMILES string of the molecule is CC1CN(S(=O)(=O)c2ccc(N3CC4CC3CO4)nc2)CC(=O)N1c1cc(-c2ccccc2)sc1C(=O)O. The van der Waals surface area contributed by atoms with Gasteiger partial charge in [0.2, 0.25) is 15.9 Å². The van der Waals surface area contributed by atoms with Crippen molar-refractivity contribution in [3.05, 3.63) is 59.6 Å². The Morgan fingerprint density at radius 3 is 2.55 bits per heavy atom. The molecule has 2 aromatic heterocycles. The van der Waals surface area contributed by atoms with E-state index < -0.39 is 34.5 Å². The summed E-state index contributed by atoms with van der Waals surface area (Å²) in [5, 5.41) is 9.84. The average Bonchev–Trinajstić information content (AvgIpc) is 3.65. The number of ether oxygens (including phenoxy) is 1. The fraction of sp³-hybridized carbons (Fsp3) is 0.346. The molecule has 1 aromatic carbocycles. The molecule has 3 aliphatic heterocycles. The Hall–Kier alpha value is -3.32. The van der Waals surface area contributed by atoms with Gasteiger partial charge in [-0.15, -0.1) is 11.3 Å². The molecule has 3 saturated heterocycles. The minimum atomic E-state index is -3.98. The smallest absolute Gasteiger partial charge is 0.348 e. The Bertz CT molecular complexity index is 1490. The number of benzene rings is 1. The Morgan fingerprint density at radius 2 is 1.95 bits per heavy atom. The van der Waals surface area contributed by atoms with E-state index >= 15 is 0 Å². The van der Waals surface area contributed by atoms with Crippen LogP contribution >= 0.6 is 11.3 Å². The average molecular weight is 555 g/mol. The zero-order valence-corrected chi connectivity index (χ0v) is 22.2. The molecule has 10 nitrogen and oxygen atoms in total. The molecule has 0 aliphatic carbocycles. The number of hydrogen-bond donors (Lipinski definition) is 1. The number of sulfonamides is 1. The summed E-state index contributed by atoms with van der Waals surface area (Å²) in [7, 11) is -3.98. The number of carbonyl (C=O) groups excluding carboxylic acids is 1. The van der Waals surface area contributed by atoms with Crippen molar-refractivity contribution < 1.29 is 27.9 Å². The van der Waals surface area contributed by atoms with E-state index in [0.29, 0.717) is 12.4 Å². The summed E-state index contributed by atoms with van der Waals surface area (Å²) in [5.74, 6) is -0.905. The van der Waals surface area contributed by atoms with Gasteiger partial charge in [0.05, 0.1) is 31.0 Å². The van der Waals surface area contributed by atoms with Gasteiger partial charge in [-0.1, -0.05) is 30.3 Å². The Labute approximate surface area is 224 Å². The number of nitrogens with zero attached hydrogens (tertiary/aromatic N) is 4. The number of carbonyl (C=O) groups is 2. The lowest BCUT2D eigenvalue weighted by Crippen LogP contribution is -2.57. The van der Waals surface area contributed by atoms with Gasteiger partial charge in [-0.25, -0.2) is 18.2 Å². The van der Waals surface area contributed by atoms with Crippen LogP contribution in [0, 0.1) is 0 Å². The number of piperazine rings is 1. The molecule has 12 heteroatoms. The largest absolute Gasteiger partial charge is 0.477 e. The summed E-state index contributed by atoms with van der Waals surface area (Å²) in [6, 6.07) is 13.9. The van der Waals surface area contributed by atoms with Crippen LogP contribution in [-0.4, -0.2) is 79.1 Å². The van der Waals surface area contributed by atoms with Crippen LogP contribution in [0.25, 0.3) is 10.4 Å². The van der Waals surface area contributed by atoms with Gasteiger partial charge >= 0.3 is 5.97 Å². The maximum Gasteiger partial charge on any atom is 0.348 e. The highest BCUT2D eigenvalue weighted by molar-refractivity contribution is 7.89. The topological polar surface area (TPSA) is 120 Å². The second kappa shape index (κ2) is 9.45. The van der Waals surface area contributed by atoms with Crippen molar-refractivity contribution in [2.24, 2.45) is 0 Å². The highest BCUT2D eigenvalue weighted by Crippen LogP contribution is 2.39. The number of anilines is 2. The van der Waals surface area contributed by atoms with E-state index in [1.54, 1.807) is 19.1 Å². The molecular formula is C26H26N4O6S2. The number of aromatic carboxylic acids is 1. The van der Waals surface area contributed by atoms with Crippen molar-refractivity contribution in [3.8, 4) is 10.4 Å². The highest BCUT2D eigenvalue weighted by Gasteiger charge is 2.41. The lowest BCUT2D eigenvalue weighted by atomic mass is 10.1. The number of carboxylic acids is 1. The first kappa shape index (κ1) is 25.0. The minimum absolute atomic E-state index is 0.0171. The van der Waals surface area contributed by atoms with Gasteiger partial charge < -0.3 is 19.6 Å². The third-order valence-corrected chi connectivity index (χ3v) is 10.2. The fourth-order valence-electron chi connectivity index (χ4n) is 5.45. The fourth-order valence-corrected chi connectivity index (χ4v) is 7.86. The number of hydrogen-bond acceptors (Lipinski definition) is 8. The van der Waals surface area contributed by atoms with Crippen LogP contribution in [0.4, 0.5) is 11.5 Å². The molecule has 3 aromatic rings. The van der Waals surface area contributed by atoms with Crippen LogP contribution in [0.5, 0.6) is 0 Å². The molecule has 198 valence electrons. The van der Waals surface area contributed by atoms with Gasteiger partial charge in [-0.3, -0.25) is 4.79 Å². The molecule has 2 bridgehead atoms. The van der Waals surface area contributed by atoms with Crippen LogP contribution < -0.4 is 9.80 Å². The van der Waals surface area contributed by atoms with E-state index in [0.717, 1.165) is 39.0 Å². The maximum atomic E-state index is 13.4. The van der Waals surface area contributed by atoms with E-state index in [2.05, 4.69) is 9.88 Å². The number of thiophene rings is 1. The lowest BCUT2D eigenvalue weighted by Gasteiger charge is -2.38. The molecule has 6 rings (SSSR count). The zero-order valence-electron chi connectivity index (χ0n) is 20.6. The number of rotatable bonds is 6. The van der Waals surface area contributed by atoms with Crippen LogP contribution in [0.15, 0.2) is 59.6 Å². The number of fused-ring (bicyclic) bond motifs is 2.